The zero-order valence-corrected chi connectivity index (χ0v) is 10.9. The first-order valence-electron chi connectivity index (χ1n) is 5.10. The Morgan fingerprint density at radius 1 is 1.23 bits per heavy atom. The summed E-state index contributed by atoms with van der Waals surface area (Å²) in [7, 11) is 2.19. The van der Waals surface area contributed by atoms with Crippen LogP contribution in [-0.2, 0) is 0 Å². The quantitative estimate of drug-likeness (QED) is 0.688. The molecule has 0 heterocycles. The molecule has 0 amide bonds. The molecule has 0 aliphatic rings. The van der Waals surface area contributed by atoms with Crippen LogP contribution in [0.2, 0.25) is 0 Å². The van der Waals surface area contributed by atoms with Crippen molar-refractivity contribution in [3.8, 4) is 0 Å². The second-order valence-electron chi connectivity index (χ2n) is 5.28. The van der Waals surface area contributed by atoms with Gasteiger partial charge in [-0.3, -0.25) is 0 Å². The van der Waals surface area contributed by atoms with Crippen LogP contribution >= 0.6 is 12.6 Å². The Hall–Kier alpha value is 0.310. The molecule has 0 saturated carbocycles. The van der Waals surface area contributed by atoms with Crippen LogP contribution in [0.1, 0.15) is 34.6 Å². The molecule has 0 aromatic carbocycles. The van der Waals surface area contributed by atoms with E-state index in [1.807, 2.05) is 0 Å². The van der Waals surface area contributed by atoms with Crippen molar-refractivity contribution < 1.29 is 0 Å². The van der Waals surface area contributed by atoms with Crippen molar-refractivity contribution in [2.24, 2.45) is 11.3 Å². The highest BCUT2D eigenvalue weighted by molar-refractivity contribution is 7.80. The topological polar surface area (TPSA) is 3.24 Å². The zero-order valence-electron chi connectivity index (χ0n) is 9.96. The van der Waals surface area contributed by atoms with Gasteiger partial charge in [0.05, 0.1) is 0 Å². The molecular formula is C11H25NS. The molecule has 0 bridgehead atoms. The number of nitrogens with zero attached hydrogens (tertiary/aromatic N) is 1. The zero-order chi connectivity index (χ0) is 10.6. The molecule has 80 valence electrons. The third kappa shape index (κ3) is 4.92. The summed E-state index contributed by atoms with van der Waals surface area (Å²) >= 11 is 4.43. The highest BCUT2D eigenvalue weighted by Gasteiger charge is 2.24. The Labute approximate surface area is 89.3 Å². The molecule has 0 radical (unpaired) electrons. The lowest BCUT2D eigenvalue weighted by molar-refractivity contribution is 0.164. The maximum atomic E-state index is 4.43. The predicted molar refractivity (Wildman–Crippen MR) is 64.6 cm³/mol. The van der Waals surface area contributed by atoms with Gasteiger partial charge in [-0.05, 0) is 38.0 Å². The average molecular weight is 203 g/mol. The molecule has 1 nitrogen and oxygen atoms in total. The molecule has 0 aliphatic heterocycles. The standard InChI is InChI=1S/C11H25NS/c1-9(2)12(6)7-10(8-13)11(3,4)5/h9-10,13H,7-8H2,1-6H3. The van der Waals surface area contributed by atoms with Crippen molar-refractivity contribution in [3.05, 3.63) is 0 Å². The molecule has 0 fully saturated rings. The van der Waals surface area contributed by atoms with Crippen LogP contribution in [0.15, 0.2) is 0 Å². The maximum absolute atomic E-state index is 4.43. The van der Waals surface area contributed by atoms with Crippen LogP contribution in [0, 0.1) is 11.3 Å². The van der Waals surface area contributed by atoms with E-state index >= 15 is 0 Å². The summed E-state index contributed by atoms with van der Waals surface area (Å²) in [6.07, 6.45) is 0. The molecule has 1 atom stereocenters. The van der Waals surface area contributed by atoms with Crippen molar-refractivity contribution in [1.29, 1.82) is 0 Å². The van der Waals surface area contributed by atoms with Crippen molar-refractivity contribution in [1.82, 2.24) is 4.90 Å². The summed E-state index contributed by atoms with van der Waals surface area (Å²) in [6.45, 7) is 12.5. The predicted octanol–water partition coefficient (Wildman–Crippen LogP) is 2.92. The summed E-state index contributed by atoms with van der Waals surface area (Å²) in [5.74, 6) is 1.64. The fraction of sp³-hybridized carbons (Fsp3) is 1.00. The minimum atomic E-state index is 0.366. The van der Waals surface area contributed by atoms with Crippen LogP contribution in [0.5, 0.6) is 0 Å². The lowest BCUT2D eigenvalue weighted by Crippen LogP contribution is -2.37. The van der Waals surface area contributed by atoms with E-state index < -0.39 is 0 Å². The molecular weight excluding hydrogens is 178 g/mol. The number of hydrogen-bond acceptors (Lipinski definition) is 2. The van der Waals surface area contributed by atoms with Gasteiger partial charge in [-0.15, -0.1) is 0 Å². The van der Waals surface area contributed by atoms with Crippen LogP contribution in [0.4, 0.5) is 0 Å². The van der Waals surface area contributed by atoms with Crippen LogP contribution in [0.25, 0.3) is 0 Å². The molecule has 0 rings (SSSR count). The molecule has 2 heteroatoms. The van der Waals surface area contributed by atoms with Crippen LogP contribution in [0.3, 0.4) is 0 Å². The van der Waals surface area contributed by atoms with Gasteiger partial charge in [-0.1, -0.05) is 20.8 Å². The second kappa shape index (κ2) is 5.26. The summed E-state index contributed by atoms with van der Waals surface area (Å²) in [5, 5.41) is 0. The first-order valence-corrected chi connectivity index (χ1v) is 5.73. The molecule has 0 N–H and O–H groups in total. The first-order chi connectivity index (χ1) is 5.79. The fourth-order valence-electron chi connectivity index (χ4n) is 1.16. The first kappa shape index (κ1) is 13.3. The van der Waals surface area contributed by atoms with Crippen molar-refractivity contribution >= 4 is 12.6 Å². The third-order valence-corrected chi connectivity index (χ3v) is 3.28. The van der Waals surface area contributed by atoms with Gasteiger partial charge in [-0.25, -0.2) is 0 Å². The van der Waals surface area contributed by atoms with Crippen molar-refractivity contribution in [3.63, 3.8) is 0 Å². The van der Waals surface area contributed by atoms with E-state index in [-0.39, 0.29) is 0 Å². The third-order valence-electron chi connectivity index (χ3n) is 2.84. The summed E-state index contributed by atoms with van der Waals surface area (Å²) in [6, 6.07) is 0.629. The Balaban J connectivity index is 4.14. The van der Waals surface area contributed by atoms with E-state index in [0.717, 1.165) is 12.3 Å². The monoisotopic (exact) mass is 203 g/mol. The fourth-order valence-corrected chi connectivity index (χ4v) is 1.83. The lowest BCUT2D eigenvalue weighted by Gasteiger charge is -2.34. The Bertz CT molecular complexity index is 138. The van der Waals surface area contributed by atoms with Gasteiger partial charge in [0, 0.05) is 12.6 Å². The van der Waals surface area contributed by atoms with Gasteiger partial charge < -0.3 is 4.90 Å². The Morgan fingerprint density at radius 3 is 1.92 bits per heavy atom. The molecule has 0 saturated heterocycles. The van der Waals surface area contributed by atoms with Gasteiger partial charge in [0.15, 0.2) is 0 Å². The highest BCUT2D eigenvalue weighted by atomic mass is 32.1. The highest BCUT2D eigenvalue weighted by Crippen LogP contribution is 2.27. The summed E-state index contributed by atoms with van der Waals surface area (Å²) in [4.78, 5) is 2.39. The number of hydrogen-bond donors (Lipinski definition) is 1. The van der Waals surface area contributed by atoms with Gasteiger partial charge in [-0.2, -0.15) is 12.6 Å². The molecule has 0 aromatic heterocycles. The van der Waals surface area contributed by atoms with E-state index in [4.69, 9.17) is 0 Å². The number of rotatable bonds is 4. The summed E-state index contributed by atoms with van der Waals surface area (Å²) in [5.41, 5.74) is 0.366. The minimum absolute atomic E-state index is 0.366. The van der Waals surface area contributed by atoms with Crippen LogP contribution in [-0.4, -0.2) is 30.3 Å². The van der Waals surface area contributed by atoms with Gasteiger partial charge in [0.1, 0.15) is 0 Å². The molecule has 0 aromatic rings. The molecule has 0 aliphatic carbocycles. The van der Waals surface area contributed by atoms with E-state index in [1.54, 1.807) is 0 Å². The van der Waals surface area contributed by atoms with Crippen molar-refractivity contribution in [2.75, 3.05) is 19.3 Å². The van der Waals surface area contributed by atoms with Gasteiger partial charge >= 0.3 is 0 Å². The Morgan fingerprint density at radius 2 is 1.69 bits per heavy atom. The molecule has 0 spiro atoms. The van der Waals surface area contributed by atoms with Gasteiger partial charge in [0.25, 0.3) is 0 Å². The van der Waals surface area contributed by atoms with Gasteiger partial charge in [0.2, 0.25) is 0 Å². The van der Waals surface area contributed by atoms with E-state index in [1.165, 1.54) is 0 Å². The lowest BCUT2D eigenvalue weighted by atomic mass is 9.81. The molecule has 1 unspecified atom stereocenters. The number of thiol groups is 1. The minimum Gasteiger partial charge on any atom is -0.304 e. The van der Waals surface area contributed by atoms with E-state index in [2.05, 4.69) is 59.2 Å². The Kier molecular flexibility index (Phi) is 5.38. The second-order valence-corrected chi connectivity index (χ2v) is 5.64. The van der Waals surface area contributed by atoms with Crippen LogP contribution < -0.4 is 0 Å². The van der Waals surface area contributed by atoms with E-state index in [9.17, 15) is 0 Å². The van der Waals surface area contributed by atoms with Crippen molar-refractivity contribution in [2.45, 2.75) is 40.7 Å². The summed E-state index contributed by atoms with van der Waals surface area (Å²) < 4.78 is 0. The SMILES string of the molecule is CC(C)N(C)CC(CS)C(C)(C)C. The normalized spacial score (nSPS) is 15.5. The smallest absolute Gasteiger partial charge is 0.00356 e. The maximum Gasteiger partial charge on any atom is 0.00356 e. The average Bonchev–Trinajstić information content (AvgIpc) is 1.96. The van der Waals surface area contributed by atoms with E-state index in [0.29, 0.717) is 17.4 Å². The largest absolute Gasteiger partial charge is 0.304 e. The molecule has 13 heavy (non-hydrogen) atoms.